The summed E-state index contributed by atoms with van der Waals surface area (Å²) in [4.78, 5) is 2.48. The van der Waals surface area contributed by atoms with Gasteiger partial charge in [-0.05, 0) is 57.6 Å². The number of nitrogens with one attached hydrogen (secondary N) is 1. The first-order valence-electron chi connectivity index (χ1n) is 7.44. The molecule has 6 nitrogen and oxygen atoms in total. The molecule has 2 heterocycles. The molecule has 2 rings (SSSR count). The lowest BCUT2D eigenvalue weighted by Crippen LogP contribution is -2.24. The van der Waals surface area contributed by atoms with Crippen LogP contribution in [0.4, 0.5) is 0 Å². The van der Waals surface area contributed by atoms with Crippen molar-refractivity contribution in [2.24, 2.45) is 0 Å². The molecule has 0 spiro atoms. The first-order chi connectivity index (χ1) is 10.00. The van der Waals surface area contributed by atoms with E-state index in [1.54, 1.807) is 6.07 Å². The lowest BCUT2D eigenvalue weighted by atomic mass is 10.3. The maximum absolute atomic E-state index is 11.9. The Morgan fingerprint density at radius 3 is 2.67 bits per heavy atom. The van der Waals surface area contributed by atoms with Crippen molar-refractivity contribution in [1.82, 2.24) is 14.5 Å². The summed E-state index contributed by atoms with van der Waals surface area (Å²) in [6.07, 6.45) is 3.75. The van der Waals surface area contributed by atoms with Gasteiger partial charge in [0.1, 0.15) is 5.76 Å². The summed E-state index contributed by atoms with van der Waals surface area (Å²) in [5.41, 5.74) is 0. The van der Waals surface area contributed by atoms with Gasteiger partial charge in [0, 0.05) is 14.1 Å². The van der Waals surface area contributed by atoms with Crippen LogP contribution in [0.1, 0.15) is 25.0 Å². The van der Waals surface area contributed by atoms with E-state index in [-0.39, 0.29) is 5.09 Å². The Morgan fingerprint density at radius 2 is 2.00 bits per heavy atom. The molecule has 21 heavy (non-hydrogen) atoms. The summed E-state index contributed by atoms with van der Waals surface area (Å²) in [5, 5.41) is 3.29. The van der Waals surface area contributed by atoms with E-state index in [4.69, 9.17) is 4.42 Å². The predicted octanol–water partition coefficient (Wildman–Crippen LogP) is 1.11. The van der Waals surface area contributed by atoms with E-state index in [9.17, 15) is 8.42 Å². The Bertz CT molecular complexity index is 533. The third-order valence-electron chi connectivity index (χ3n) is 3.70. The topological polar surface area (TPSA) is 65.8 Å². The molecule has 7 heteroatoms. The predicted molar refractivity (Wildman–Crippen MR) is 81.6 cm³/mol. The number of hydrogen-bond acceptors (Lipinski definition) is 5. The fourth-order valence-corrected chi connectivity index (χ4v) is 3.23. The highest BCUT2D eigenvalue weighted by Crippen LogP contribution is 2.16. The molecular formula is C14H25N3O3S. The van der Waals surface area contributed by atoms with Gasteiger partial charge in [-0.25, -0.2) is 12.7 Å². The molecule has 0 atom stereocenters. The smallest absolute Gasteiger partial charge is 0.275 e. The van der Waals surface area contributed by atoms with Crippen LogP contribution in [0, 0.1) is 0 Å². The Morgan fingerprint density at radius 1 is 1.29 bits per heavy atom. The van der Waals surface area contributed by atoms with Gasteiger partial charge in [0.15, 0.2) is 0 Å². The molecule has 0 amide bonds. The molecule has 0 unspecified atom stereocenters. The minimum Gasteiger partial charge on any atom is -0.447 e. The lowest BCUT2D eigenvalue weighted by molar-refractivity contribution is 0.328. The molecule has 120 valence electrons. The van der Waals surface area contributed by atoms with Crippen LogP contribution in [0.2, 0.25) is 0 Å². The van der Waals surface area contributed by atoms with Gasteiger partial charge in [0.2, 0.25) is 5.09 Å². The van der Waals surface area contributed by atoms with Crippen molar-refractivity contribution in [3.8, 4) is 0 Å². The summed E-state index contributed by atoms with van der Waals surface area (Å²) in [6, 6.07) is 3.22. The van der Waals surface area contributed by atoms with Crippen molar-refractivity contribution in [2.45, 2.75) is 30.9 Å². The fourth-order valence-electron chi connectivity index (χ4n) is 2.42. The van der Waals surface area contributed by atoms with E-state index < -0.39 is 10.0 Å². The van der Waals surface area contributed by atoms with Crippen molar-refractivity contribution in [2.75, 3.05) is 40.3 Å². The SMILES string of the molecule is CN(C)S(=O)(=O)c1ccc(CNCCCN2CCCC2)o1. The zero-order valence-corrected chi connectivity index (χ0v) is 13.7. The summed E-state index contributed by atoms with van der Waals surface area (Å²) in [7, 11) is -0.482. The van der Waals surface area contributed by atoms with E-state index >= 15 is 0 Å². The molecule has 0 radical (unpaired) electrons. The largest absolute Gasteiger partial charge is 0.447 e. The van der Waals surface area contributed by atoms with Crippen molar-refractivity contribution >= 4 is 10.0 Å². The Labute approximate surface area is 127 Å². The van der Waals surface area contributed by atoms with Crippen LogP contribution in [0.15, 0.2) is 21.6 Å². The molecule has 1 aliphatic heterocycles. The van der Waals surface area contributed by atoms with Gasteiger partial charge in [-0.1, -0.05) is 0 Å². The van der Waals surface area contributed by atoms with E-state index in [1.807, 2.05) is 0 Å². The Balaban J connectivity index is 1.70. The molecule has 1 aromatic rings. The third-order valence-corrected chi connectivity index (χ3v) is 5.39. The monoisotopic (exact) mass is 315 g/mol. The standard InChI is InChI=1S/C14H25N3O3S/c1-16(2)21(18,19)14-7-6-13(20-14)12-15-8-5-11-17-9-3-4-10-17/h6-7,15H,3-5,8-12H2,1-2H3. The van der Waals surface area contributed by atoms with Crippen LogP contribution in [0.3, 0.4) is 0 Å². The van der Waals surface area contributed by atoms with Crippen LogP contribution in [-0.2, 0) is 16.6 Å². The minimum atomic E-state index is -3.47. The number of nitrogens with zero attached hydrogens (tertiary/aromatic N) is 2. The molecule has 0 aliphatic carbocycles. The molecular weight excluding hydrogens is 290 g/mol. The van der Waals surface area contributed by atoms with E-state index in [2.05, 4.69) is 10.2 Å². The number of rotatable bonds is 8. The van der Waals surface area contributed by atoms with Gasteiger partial charge in [0.05, 0.1) is 6.54 Å². The zero-order chi connectivity index (χ0) is 15.3. The van der Waals surface area contributed by atoms with Gasteiger partial charge in [-0.3, -0.25) is 0 Å². The molecule has 1 fully saturated rings. The van der Waals surface area contributed by atoms with Gasteiger partial charge < -0.3 is 14.6 Å². The van der Waals surface area contributed by atoms with E-state index in [1.165, 1.54) is 46.1 Å². The number of likely N-dealkylation sites (tertiary alicyclic amines) is 1. The zero-order valence-electron chi connectivity index (χ0n) is 12.8. The van der Waals surface area contributed by atoms with Crippen LogP contribution in [0.25, 0.3) is 0 Å². The summed E-state index contributed by atoms with van der Waals surface area (Å²) < 4.78 is 30.3. The van der Waals surface area contributed by atoms with Crippen molar-refractivity contribution in [3.63, 3.8) is 0 Å². The molecule has 1 saturated heterocycles. The van der Waals surface area contributed by atoms with Crippen molar-refractivity contribution < 1.29 is 12.8 Å². The van der Waals surface area contributed by atoms with Gasteiger partial charge in [-0.15, -0.1) is 0 Å². The second kappa shape index (κ2) is 7.40. The summed E-state index contributed by atoms with van der Waals surface area (Å²) >= 11 is 0. The summed E-state index contributed by atoms with van der Waals surface area (Å²) in [5.74, 6) is 0.650. The highest BCUT2D eigenvalue weighted by Gasteiger charge is 2.21. The Hall–Kier alpha value is -0.890. The van der Waals surface area contributed by atoms with E-state index in [0.29, 0.717) is 12.3 Å². The van der Waals surface area contributed by atoms with Crippen molar-refractivity contribution in [3.05, 3.63) is 17.9 Å². The maximum atomic E-state index is 11.9. The highest BCUT2D eigenvalue weighted by molar-refractivity contribution is 7.88. The average Bonchev–Trinajstić information content (AvgIpc) is 3.09. The molecule has 0 saturated carbocycles. The average molecular weight is 315 g/mol. The second-order valence-corrected chi connectivity index (χ2v) is 7.67. The molecule has 0 aromatic carbocycles. The van der Waals surface area contributed by atoms with Crippen LogP contribution in [0.5, 0.6) is 0 Å². The summed E-state index contributed by atoms with van der Waals surface area (Å²) in [6.45, 7) is 5.05. The fraction of sp³-hybridized carbons (Fsp3) is 0.714. The first kappa shape index (κ1) is 16.5. The Kier molecular flexibility index (Phi) is 5.80. The molecule has 0 bridgehead atoms. The first-order valence-corrected chi connectivity index (χ1v) is 8.88. The molecule has 1 aliphatic rings. The van der Waals surface area contributed by atoms with Crippen LogP contribution in [-0.4, -0.2) is 57.9 Å². The lowest BCUT2D eigenvalue weighted by Gasteiger charge is -2.13. The van der Waals surface area contributed by atoms with E-state index in [0.717, 1.165) is 23.8 Å². The van der Waals surface area contributed by atoms with Crippen LogP contribution >= 0.6 is 0 Å². The normalized spacial score (nSPS) is 16.9. The quantitative estimate of drug-likeness (QED) is 0.728. The molecule has 1 N–H and O–H groups in total. The third kappa shape index (κ3) is 4.54. The number of hydrogen-bond donors (Lipinski definition) is 1. The van der Waals surface area contributed by atoms with Gasteiger partial charge in [-0.2, -0.15) is 0 Å². The molecule has 1 aromatic heterocycles. The van der Waals surface area contributed by atoms with Crippen LogP contribution < -0.4 is 5.32 Å². The maximum Gasteiger partial charge on any atom is 0.275 e. The number of sulfonamides is 1. The highest BCUT2D eigenvalue weighted by atomic mass is 32.2. The van der Waals surface area contributed by atoms with Gasteiger partial charge in [0.25, 0.3) is 10.0 Å². The van der Waals surface area contributed by atoms with Crippen molar-refractivity contribution in [1.29, 1.82) is 0 Å². The number of furan rings is 1. The minimum absolute atomic E-state index is 0.00127. The van der Waals surface area contributed by atoms with Gasteiger partial charge >= 0.3 is 0 Å². The second-order valence-electron chi connectivity index (χ2n) is 5.59.